The summed E-state index contributed by atoms with van der Waals surface area (Å²) in [6.07, 6.45) is 13.8. The zero-order valence-electron chi connectivity index (χ0n) is 61.2. The molecule has 3 aromatic carbocycles. The first-order valence-corrected chi connectivity index (χ1v) is 38.3. The predicted octanol–water partition coefficient (Wildman–Crippen LogP) is 6.17. The molecule has 5 aliphatic heterocycles. The highest BCUT2D eigenvalue weighted by atomic mass is 19.1. The van der Waals surface area contributed by atoms with Crippen LogP contribution in [0.3, 0.4) is 0 Å². The average Bonchev–Trinajstić information content (AvgIpc) is 0.938. The Kier molecular flexibility index (Phi) is 25.5. The van der Waals surface area contributed by atoms with Gasteiger partial charge in [-0.1, -0.05) is 81.6 Å². The van der Waals surface area contributed by atoms with Crippen molar-refractivity contribution in [1.82, 2.24) is 61.9 Å². The molecule has 5 saturated heterocycles. The van der Waals surface area contributed by atoms with Crippen molar-refractivity contribution in [2.24, 2.45) is 23.2 Å². The minimum atomic E-state index is -0.863. The second kappa shape index (κ2) is 35.0. The number of piperidine rings is 2. The standard InChI is InChI=1S/C78H109F2N15O9/c1-51(81-4)74(100)89-73(55-15-6-5-7-16-55)76(102)95-46-59(38-66(95)75(101)88-64-19-11-17-54-14-8-9-18-61(54)64)87-70(97)21-20-69(96)82-26-32-103-33-31-92-43-56-35-60(36-57(56)44-92)104-48-72(99)84-42-53-13-10-12-52(34-53)41-83-67-40-68(86-50-85-67)93-29-24-78(25-30-93)49-94(47-71(98)90-78)65-39-62(79)58(37-63(65)80)45-91-27-22-77(2,3)23-28-91/h8-10,12-14,18,34,37,39-40,50-51,55-57,59-60,64,66,73,81H,5-7,11,15-17,19-33,35-36,38,41-49H2,1-4H3,(H,82,96)(H,84,99)(H,87,97)(H,88,101)(H,89,100)(H,90,98)(H,83,85,86)/t51-,56-,57+,59-,60-,64-,66-,73-/m0/s1. The number of aromatic nitrogens is 2. The number of ether oxygens (including phenoxy) is 2. The monoisotopic (exact) mass is 1440 g/mol. The van der Waals surface area contributed by atoms with Crippen molar-refractivity contribution in [3.63, 3.8) is 0 Å². The Hall–Kier alpha value is -7.91. The van der Waals surface area contributed by atoms with E-state index in [-0.39, 0.29) is 109 Å². The average molecular weight is 1440 g/mol. The second-order valence-electron chi connectivity index (χ2n) is 31.4. The number of fused-ring (bicyclic) bond motifs is 2. The lowest BCUT2D eigenvalue weighted by Crippen LogP contribution is -2.66. The molecule has 1 aromatic heterocycles. The van der Waals surface area contributed by atoms with Crippen LogP contribution in [0.1, 0.15) is 157 Å². The van der Waals surface area contributed by atoms with Gasteiger partial charge in [0.2, 0.25) is 41.4 Å². The maximum absolute atomic E-state index is 15.8. The van der Waals surface area contributed by atoms with E-state index in [1.165, 1.54) is 24.0 Å². The Morgan fingerprint density at radius 3 is 2.26 bits per heavy atom. The zero-order chi connectivity index (χ0) is 72.9. The number of likely N-dealkylation sites (N-methyl/N-ethyl adjacent to an activating group) is 1. The summed E-state index contributed by atoms with van der Waals surface area (Å²) in [4.78, 5) is 114. The number of nitrogens with one attached hydrogen (secondary N) is 8. The van der Waals surface area contributed by atoms with Crippen LogP contribution in [0.15, 0.2) is 73.1 Å². The van der Waals surface area contributed by atoms with Gasteiger partial charge in [-0.05, 0) is 156 Å². The summed E-state index contributed by atoms with van der Waals surface area (Å²) >= 11 is 0. The normalized spacial score (nSPS) is 23.9. The van der Waals surface area contributed by atoms with Gasteiger partial charge >= 0.3 is 0 Å². The highest BCUT2D eigenvalue weighted by molar-refractivity contribution is 5.94. The first kappa shape index (κ1) is 75.8. The Morgan fingerprint density at radius 1 is 0.740 bits per heavy atom. The smallest absolute Gasteiger partial charge is 0.246 e. The fourth-order valence-electron chi connectivity index (χ4n) is 17.1. The summed E-state index contributed by atoms with van der Waals surface area (Å²) in [5.74, 6) is -0.583. The van der Waals surface area contributed by atoms with Crippen molar-refractivity contribution in [3.8, 4) is 0 Å². The molecule has 8 aliphatic rings. The van der Waals surface area contributed by atoms with Crippen LogP contribution in [0.5, 0.6) is 0 Å². The number of halogens is 2. The van der Waals surface area contributed by atoms with Gasteiger partial charge in [-0.2, -0.15) is 0 Å². The summed E-state index contributed by atoms with van der Waals surface area (Å²) in [5.41, 5.74) is 4.34. The molecule has 4 aromatic rings. The van der Waals surface area contributed by atoms with E-state index in [0.29, 0.717) is 95.1 Å². The van der Waals surface area contributed by atoms with E-state index in [2.05, 4.69) is 87.1 Å². The molecule has 8 N–H and O–H groups in total. The Bertz CT molecular complexity index is 3640. The van der Waals surface area contributed by atoms with Gasteiger partial charge in [-0.3, -0.25) is 38.5 Å². The quantitative estimate of drug-likeness (QED) is 0.0282. The maximum atomic E-state index is 15.8. The van der Waals surface area contributed by atoms with E-state index >= 15 is 8.78 Å². The van der Waals surface area contributed by atoms with E-state index in [1.54, 1.807) is 23.8 Å². The SMILES string of the molecule is CN[C@@H](C)C(=O)N[C@H](C(=O)N1C[C@@H](NC(=O)CCC(=O)NCCOCCN2C[C@H]3C[C@@H](OCC(=O)NCc4cccc(CNc5cc(N6CCC7(CC6)CN(c6cc(F)c(CN8CCC(C)(C)CC8)cc6F)CC(=O)N7)ncn5)c4)C[C@H]3C2)C[C@H]1C(=O)N[C@H]1CCCc2ccccc21)C1CCCCC1. The third kappa shape index (κ3) is 20.0. The van der Waals surface area contributed by atoms with Crippen molar-refractivity contribution in [2.75, 3.05) is 114 Å². The van der Waals surface area contributed by atoms with Crippen LogP contribution < -0.4 is 52.3 Å². The summed E-state index contributed by atoms with van der Waals surface area (Å²) < 4.78 is 43.5. The molecule has 104 heavy (non-hydrogen) atoms. The van der Waals surface area contributed by atoms with E-state index in [1.807, 2.05) is 48.5 Å². The molecular formula is C78H109F2N15O9. The van der Waals surface area contributed by atoms with E-state index < -0.39 is 41.3 Å². The van der Waals surface area contributed by atoms with Gasteiger partial charge in [-0.25, -0.2) is 18.7 Å². The number of piperazine rings is 1. The predicted molar refractivity (Wildman–Crippen MR) is 392 cm³/mol. The highest BCUT2D eigenvalue weighted by Gasteiger charge is 2.47. The van der Waals surface area contributed by atoms with Crippen molar-refractivity contribution in [1.29, 1.82) is 0 Å². The molecule has 8 atom stereocenters. The molecule has 7 fully saturated rings. The lowest BCUT2D eigenvalue weighted by Gasteiger charge is -2.48. The van der Waals surface area contributed by atoms with Crippen LogP contribution in [-0.2, 0) is 69.1 Å². The zero-order valence-corrected chi connectivity index (χ0v) is 61.2. The van der Waals surface area contributed by atoms with Crippen LogP contribution in [0.2, 0.25) is 0 Å². The number of hydrogen-bond acceptors (Lipinski definition) is 17. The Balaban J connectivity index is 0.509. The largest absolute Gasteiger partial charge is 0.378 e. The number of benzene rings is 3. The molecule has 2 saturated carbocycles. The molecule has 0 bridgehead atoms. The fourth-order valence-corrected chi connectivity index (χ4v) is 17.1. The van der Waals surface area contributed by atoms with Gasteiger partial charge in [0.25, 0.3) is 0 Å². The van der Waals surface area contributed by atoms with Crippen molar-refractivity contribution < 1.29 is 51.8 Å². The molecule has 6 heterocycles. The van der Waals surface area contributed by atoms with Gasteiger partial charge in [-0.15, -0.1) is 0 Å². The lowest BCUT2D eigenvalue weighted by molar-refractivity contribution is -0.143. The second-order valence-corrected chi connectivity index (χ2v) is 31.4. The van der Waals surface area contributed by atoms with E-state index in [9.17, 15) is 33.6 Å². The topological polar surface area (TPSA) is 276 Å². The molecule has 12 rings (SSSR count). The molecular weight excluding hydrogens is 1330 g/mol. The first-order valence-electron chi connectivity index (χ1n) is 38.3. The molecule has 0 unspecified atom stereocenters. The summed E-state index contributed by atoms with van der Waals surface area (Å²) in [7, 11) is 1.70. The molecule has 26 heteroatoms. The Morgan fingerprint density at radius 2 is 1.49 bits per heavy atom. The third-order valence-electron chi connectivity index (χ3n) is 23.3. The van der Waals surface area contributed by atoms with Crippen LogP contribution in [0.25, 0.3) is 0 Å². The minimum absolute atomic E-state index is 0.00931. The summed E-state index contributed by atoms with van der Waals surface area (Å²) in [5, 5.41) is 24.8. The highest BCUT2D eigenvalue weighted by Crippen LogP contribution is 2.40. The molecule has 3 aliphatic carbocycles. The molecule has 24 nitrogen and oxygen atoms in total. The van der Waals surface area contributed by atoms with Crippen LogP contribution in [0, 0.1) is 34.8 Å². The van der Waals surface area contributed by atoms with Crippen LogP contribution in [0.4, 0.5) is 26.1 Å². The molecule has 7 amide bonds. The number of anilines is 3. The molecule has 0 radical (unpaired) electrons. The maximum Gasteiger partial charge on any atom is 0.246 e. The van der Waals surface area contributed by atoms with Crippen LogP contribution in [-0.4, -0.2) is 201 Å². The number of rotatable bonds is 29. The van der Waals surface area contributed by atoms with Crippen molar-refractivity contribution >= 4 is 58.7 Å². The number of likely N-dealkylation sites (tertiary alicyclic amines) is 3. The number of aryl methyl sites for hydroxylation is 1. The number of hydrogen-bond donors (Lipinski definition) is 8. The molecule has 1 spiro atoms. The number of nitrogens with zero attached hydrogens (tertiary/aromatic N) is 7. The van der Waals surface area contributed by atoms with Crippen molar-refractivity contribution in [2.45, 2.75) is 191 Å². The number of amides is 7. The summed E-state index contributed by atoms with van der Waals surface area (Å²) in [6.45, 7) is 14.5. The molecule has 564 valence electrons. The van der Waals surface area contributed by atoms with Gasteiger partial charge in [0, 0.05) is 109 Å². The van der Waals surface area contributed by atoms with Gasteiger partial charge < -0.3 is 71.6 Å². The third-order valence-corrected chi connectivity index (χ3v) is 23.3. The minimum Gasteiger partial charge on any atom is -0.378 e. The van der Waals surface area contributed by atoms with E-state index in [0.717, 1.165) is 132 Å². The Labute approximate surface area is 610 Å². The number of carbonyl (C=O) groups is 7. The lowest BCUT2D eigenvalue weighted by atomic mass is 9.82. The summed E-state index contributed by atoms with van der Waals surface area (Å²) in [6, 6.07) is 17.7. The van der Waals surface area contributed by atoms with Crippen molar-refractivity contribution in [3.05, 3.63) is 113 Å². The van der Waals surface area contributed by atoms with Crippen LogP contribution >= 0.6 is 0 Å². The van der Waals surface area contributed by atoms with Gasteiger partial charge in [0.05, 0.1) is 49.2 Å². The first-order chi connectivity index (χ1) is 50.2. The van der Waals surface area contributed by atoms with E-state index in [4.69, 9.17) is 9.47 Å². The number of carbonyl (C=O) groups excluding carboxylic acids is 7. The fraction of sp³-hybridized carbons (Fsp3) is 0.628. The van der Waals surface area contributed by atoms with Gasteiger partial charge in [0.15, 0.2) is 0 Å². The van der Waals surface area contributed by atoms with Gasteiger partial charge in [0.1, 0.15) is 48.3 Å².